The molecule has 1 N–H and O–H groups in total. The molecule has 0 unspecified atom stereocenters. The molecule has 0 fully saturated rings. The van der Waals surface area contributed by atoms with Crippen molar-refractivity contribution in [2.24, 2.45) is 0 Å². The van der Waals surface area contributed by atoms with Gasteiger partial charge in [-0.25, -0.2) is 9.78 Å². The van der Waals surface area contributed by atoms with Crippen LogP contribution in [0.25, 0.3) is 0 Å². The minimum atomic E-state index is -0.580. The number of hydrogen-bond donors (Lipinski definition) is 1. The van der Waals surface area contributed by atoms with Crippen molar-refractivity contribution < 1.29 is 14.3 Å². The van der Waals surface area contributed by atoms with Gasteiger partial charge in [-0.05, 0) is 51.1 Å². The molecule has 8 heteroatoms. The third-order valence-electron chi connectivity index (χ3n) is 3.65. The van der Waals surface area contributed by atoms with Crippen molar-refractivity contribution >= 4 is 41.2 Å². The van der Waals surface area contributed by atoms with Crippen molar-refractivity contribution in [3.8, 4) is 0 Å². The Morgan fingerprint density at radius 2 is 2.07 bits per heavy atom. The Labute approximate surface area is 167 Å². The third kappa shape index (κ3) is 4.73. The van der Waals surface area contributed by atoms with Crippen molar-refractivity contribution in [2.75, 3.05) is 18.0 Å². The number of pyridine rings is 1. The second-order valence-corrected chi connectivity index (χ2v) is 8.47. The summed E-state index contributed by atoms with van der Waals surface area (Å²) in [6, 6.07) is 8.99. The molecule has 2 heterocycles. The van der Waals surface area contributed by atoms with Gasteiger partial charge >= 0.3 is 6.09 Å². The van der Waals surface area contributed by atoms with Crippen LogP contribution in [-0.4, -0.2) is 35.7 Å². The maximum absolute atomic E-state index is 13.1. The predicted octanol–water partition coefficient (Wildman–Crippen LogP) is 4.37. The summed E-state index contributed by atoms with van der Waals surface area (Å²) in [6.45, 7) is 5.88. The monoisotopic (exact) mass is 405 g/mol. The number of anilines is 1. The number of carbonyl (C=O) groups excluding carboxylic acids is 2. The fraction of sp³-hybridized carbons (Fsp3) is 0.316. The van der Waals surface area contributed by atoms with E-state index in [0.29, 0.717) is 16.4 Å². The van der Waals surface area contributed by atoms with E-state index in [9.17, 15) is 9.59 Å². The van der Waals surface area contributed by atoms with Crippen molar-refractivity contribution in [1.29, 1.82) is 0 Å². The van der Waals surface area contributed by atoms with E-state index in [1.807, 2.05) is 18.2 Å². The van der Waals surface area contributed by atoms with Gasteiger partial charge in [0.2, 0.25) is 0 Å². The van der Waals surface area contributed by atoms with Gasteiger partial charge in [-0.1, -0.05) is 23.4 Å². The first kappa shape index (κ1) is 19.5. The second-order valence-electron chi connectivity index (χ2n) is 6.95. The van der Waals surface area contributed by atoms with Crippen LogP contribution in [-0.2, 0) is 4.74 Å². The second kappa shape index (κ2) is 7.78. The lowest BCUT2D eigenvalue weighted by molar-refractivity contribution is 0.0528. The highest BCUT2D eigenvalue weighted by molar-refractivity contribution is 7.99. The molecule has 0 bridgehead atoms. The molecule has 2 aromatic rings. The fourth-order valence-electron chi connectivity index (χ4n) is 2.57. The van der Waals surface area contributed by atoms with E-state index in [0.717, 1.165) is 9.79 Å². The molecule has 0 aliphatic carbocycles. The van der Waals surface area contributed by atoms with Crippen molar-refractivity contribution in [3.05, 3.63) is 47.1 Å². The van der Waals surface area contributed by atoms with Gasteiger partial charge in [0.15, 0.2) is 0 Å². The number of ether oxygens (including phenoxy) is 1. The molecule has 1 aliphatic rings. The van der Waals surface area contributed by atoms with Crippen LogP contribution in [0.2, 0.25) is 5.02 Å². The SMILES string of the molecule is CC(C)(C)OC(=O)NCCN1C(=O)c2cc(Cl)ccc2Sc2cccnc21. The number of amides is 2. The largest absolute Gasteiger partial charge is 0.444 e. The highest BCUT2D eigenvalue weighted by Crippen LogP contribution is 2.40. The maximum atomic E-state index is 13.1. The fourth-order valence-corrected chi connectivity index (χ4v) is 3.78. The standard InChI is InChI=1S/C19H20ClN3O3S/c1-19(2,3)26-18(25)22-9-10-23-16-15(5-4-8-21-16)27-14-7-6-12(20)11-13(14)17(23)24/h4-8,11H,9-10H2,1-3H3,(H,22,25). The Hall–Kier alpha value is -2.25. The van der Waals surface area contributed by atoms with E-state index in [1.165, 1.54) is 11.8 Å². The number of rotatable bonds is 3. The number of alkyl carbamates (subject to hydrolysis) is 1. The Kier molecular flexibility index (Phi) is 5.62. The lowest BCUT2D eigenvalue weighted by Gasteiger charge is -2.23. The van der Waals surface area contributed by atoms with Crippen LogP contribution in [0, 0.1) is 0 Å². The van der Waals surface area contributed by atoms with Crippen LogP contribution >= 0.6 is 23.4 Å². The first-order valence-electron chi connectivity index (χ1n) is 8.46. The molecule has 6 nitrogen and oxygen atoms in total. The van der Waals surface area contributed by atoms with E-state index < -0.39 is 11.7 Å². The predicted molar refractivity (Wildman–Crippen MR) is 106 cm³/mol. The minimum Gasteiger partial charge on any atom is -0.444 e. The highest BCUT2D eigenvalue weighted by atomic mass is 35.5. The van der Waals surface area contributed by atoms with Crippen LogP contribution in [0.3, 0.4) is 0 Å². The molecule has 0 saturated carbocycles. The molecule has 1 aliphatic heterocycles. The first-order valence-corrected chi connectivity index (χ1v) is 9.65. The third-order valence-corrected chi connectivity index (χ3v) is 5.00. The lowest BCUT2D eigenvalue weighted by atomic mass is 10.2. The van der Waals surface area contributed by atoms with Crippen LogP contribution < -0.4 is 10.2 Å². The summed E-state index contributed by atoms with van der Waals surface area (Å²) in [5.74, 6) is 0.356. The van der Waals surface area contributed by atoms with Gasteiger partial charge in [0.1, 0.15) is 11.4 Å². The Balaban J connectivity index is 1.82. The number of halogens is 1. The highest BCUT2D eigenvalue weighted by Gasteiger charge is 2.28. The molecular weight excluding hydrogens is 386 g/mol. The summed E-state index contributed by atoms with van der Waals surface area (Å²) >= 11 is 7.56. The molecule has 0 atom stereocenters. The van der Waals surface area contributed by atoms with Crippen LogP contribution in [0.5, 0.6) is 0 Å². The van der Waals surface area contributed by atoms with Gasteiger partial charge in [0.05, 0.1) is 10.5 Å². The van der Waals surface area contributed by atoms with Crippen LogP contribution in [0.1, 0.15) is 31.1 Å². The average Bonchev–Trinajstić information content (AvgIpc) is 2.69. The summed E-state index contributed by atoms with van der Waals surface area (Å²) in [4.78, 5) is 32.6. The summed E-state index contributed by atoms with van der Waals surface area (Å²) < 4.78 is 5.23. The average molecular weight is 406 g/mol. The van der Waals surface area contributed by atoms with Gasteiger partial charge < -0.3 is 10.1 Å². The van der Waals surface area contributed by atoms with Crippen molar-refractivity contribution in [3.63, 3.8) is 0 Å². The molecule has 0 spiro atoms. The number of benzene rings is 1. The topological polar surface area (TPSA) is 71.5 Å². The number of nitrogens with zero attached hydrogens (tertiary/aromatic N) is 2. The van der Waals surface area contributed by atoms with E-state index in [1.54, 1.807) is 44.0 Å². The Morgan fingerprint density at radius 1 is 1.30 bits per heavy atom. The van der Waals surface area contributed by atoms with Crippen molar-refractivity contribution in [2.45, 2.75) is 36.2 Å². The van der Waals surface area contributed by atoms with Gasteiger partial charge in [-0.15, -0.1) is 0 Å². The van der Waals surface area contributed by atoms with Crippen LogP contribution in [0.4, 0.5) is 10.6 Å². The zero-order valence-electron chi connectivity index (χ0n) is 15.3. The molecule has 1 aromatic carbocycles. The lowest BCUT2D eigenvalue weighted by Crippen LogP contribution is -2.40. The number of nitrogens with one attached hydrogen (secondary N) is 1. The number of aromatic nitrogens is 1. The molecule has 27 heavy (non-hydrogen) atoms. The molecular formula is C19H20ClN3O3S. The molecule has 0 radical (unpaired) electrons. The van der Waals surface area contributed by atoms with Crippen LogP contribution in [0.15, 0.2) is 46.3 Å². The minimum absolute atomic E-state index is 0.205. The Morgan fingerprint density at radius 3 is 2.81 bits per heavy atom. The number of hydrogen-bond acceptors (Lipinski definition) is 5. The smallest absolute Gasteiger partial charge is 0.407 e. The number of carbonyl (C=O) groups is 2. The van der Waals surface area contributed by atoms with E-state index in [4.69, 9.17) is 16.3 Å². The van der Waals surface area contributed by atoms with E-state index >= 15 is 0 Å². The van der Waals surface area contributed by atoms with E-state index in [-0.39, 0.29) is 19.0 Å². The first-order chi connectivity index (χ1) is 12.7. The summed E-state index contributed by atoms with van der Waals surface area (Å²) in [6.07, 6.45) is 1.12. The zero-order valence-corrected chi connectivity index (χ0v) is 16.9. The molecule has 1 aromatic heterocycles. The number of fused-ring (bicyclic) bond motifs is 2. The summed E-state index contributed by atoms with van der Waals surface area (Å²) in [7, 11) is 0. The molecule has 142 valence electrons. The summed E-state index contributed by atoms with van der Waals surface area (Å²) in [5, 5.41) is 3.17. The molecule has 2 amide bonds. The van der Waals surface area contributed by atoms with Gasteiger partial charge in [0, 0.05) is 29.2 Å². The van der Waals surface area contributed by atoms with E-state index in [2.05, 4.69) is 10.3 Å². The molecule has 0 saturated heterocycles. The molecule has 3 rings (SSSR count). The zero-order chi connectivity index (χ0) is 19.6. The summed E-state index contributed by atoms with van der Waals surface area (Å²) in [5.41, 5.74) is -0.0639. The Bertz CT molecular complexity index is 883. The quantitative estimate of drug-likeness (QED) is 0.820. The van der Waals surface area contributed by atoms with Gasteiger partial charge in [-0.2, -0.15) is 0 Å². The van der Waals surface area contributed by atoms with Gasteiger partial charge in [-0.3, -0.25) is 9.69 Å². The normalized spacial score (nSPS) is 13.5. The van der Waals surface area contributed by atoms with Gasteiger partial charge in [0.25, 0.3) is 5.91 Å². The maximum Gasteiger partial charge on any atom is 0.407 e. The van der Waals surface area contributed by atoms with Crippen molar-refractivity contribution in [1.82, 2.24) is 10.3 Å².